The van der Waals surface area contributed by atoms with Crippen molar-refractivity contribution in [2.45, 2.75) is 102 Å². The van der Waals surface area contributed by atoms with Gasteiger partial charge in [0.2, 0.25) is 11.8 Å². The smallest absolute Gasteiger partial charge is 0.229 e. The molecule has 0 aromatic heterocycles. The first-order valence-corrected chi connectivity index (χ1v) is 14.1. The number of hydrogen-bond donors (Lipinski definition) is 3. The molecule has 1 saturated carbocycles. The standard InChI is InChI=1S/C26H45N5O5/c1-16(2)34-11-5-10-31-23(27)18(13-19-24(31)29-22-6-3-4-9-30(22)26(19)33)25(32)28-14-17-7-8-20-21(12-17)36-15-35-20/h16-24,29H,3-15,27H2,1-2H3,(H,28,32). The van der Waals surface area contributed by atoms with Gasteiger partial charge in [0.15, 0.2) is 0 Å². The van der Waals surface area contributed by atoms with E-state index in [1.54, 1.807) is 0 Å². The van der Waals surface area contributed by atoms with E-state index in [1.165, 1.54) is 0 Å². The highest BCUT2D eigenvalue weighted by atomic mass is 16.7. The zero-order valence-corrected chi connectivity index (χ0v) is 21.9. The Bertz CT molecular complexity index is 784. The van der Waals surface area contributed by atoms with Crippen LogP contribution in [0.2, 0.25) is 0 Å². The number of nitrogens with zero attached hydrogens (tertiary/aromatic N) is 2. The lowest BCUT2D eigenvalue weighted by atomic mass is 9.80. The Morgan fingerprint density at radius 3 is 2.86 bits per heavy atom. The number of nitrogens with two attached hydrogens (primary N) is 1. The highest BCUT2D eigenvalue weighted by molar-refractivity contribution is 5.84. The SMILES string of the molecule is CC(C)OCCCN1C(N)C(C(=O)NCC2CCC3OCOC3C2)CC2C(=O)N3CCCCC3NC21. The summed E-state index contributed by atoms with van der Waals surface area (Å²) in [6.07, 6.45) is 7.34. The minimum Gasteiger partial charge on any atom is -0.379 e. The molecule has 4 N–H and O–H groups in total. The van der Waals surface area contributed by atoms with Gasteiger partial charge in [-0.25, -0.2) is 0 Å². The van der Waals surface area contributed by atoms with E-state index in [1.807, 2.05) is 18.7 Å². The van der Waals surface area contributed by atoms with Gasteiger partial charge < -0.3 is 30.2 Å². The van der Waals surface area contributed by atoms with Crippen LogP contribution in [0.3, 0.4) is 0 Å². The molecule has 36 heavy (non-hydrogen) atoms. The van der Waals surface area contributed by atoms with Gasteiger partial charge in [0.25, 0.3) is 0 Å². The maximum Gasteiger partial charge on any atom is 0.229 e. The van der Waals surface area contributed by atoms with Gasteiger partial charge in [-0.2, -0.15) is 0 Å². The van der Waals surface area contributed by atoms with E-state index in [0.29, 0.717) is 38.8 Å². The molecular formula is C26H45N5O5. The van der Waals surface area contributed by atoms with E-state index < -0.39 is 12.1 Å². The van der Waals surface area contributed by atoms with Gasteiger partial charge in [-0.15, -0.1) is 0 Å². The Morgan fingerprint density at radius 2 is 2.03 bits per heavy atom. The maximum atomic E-state index is 13.6. The molecule has 0 spiro atoms. The molecule has 8 atom stereocenters. The molecule has 204 valence electrons. The van der Waals surface area contributed by atoms with Crippen LogP contribution >= 0.6 is 0 Å². The first-order chi connectivity index (χ1) is 17.4. The molecule has 5 aliphatic rings. The predicted octanol–water partition coefficient (Wildman–Crippen LogP) is 0.950. The average Bonchev–Trinajstić information content (AvgIpc) is 3.34. The van der Waals surface area contributed by atoms with Crippen molar-refractivity contribution in [1.29, 1.82) is 0 Å². The van der Waals surface area contributed by atoms with Crippen molar-refractivity contribution in [3.05, 3.63) is 0 Å². The summed E-state index contributed by atoms with van der Waals surface area (Å²) >= 11 is 0. The van der Waals surface area contributed by atoms with Gasteiger partial charge in [0, 0.05) is 26.2 Å². The van der Waals surface area contributed by atoms with E-state index in [4.69, 9.17) is 19.9 Å². The summed E-state index contributed by atoms with van der Waals surface area (Å²) in [6.45, 7) is 7.17. The molecule has 1 aliphatic carbocycles. The molecule has 0 aromatic carbocycles. The van der Waals surface area contributed by atoms with Crippen molar-refractivity contribution >= 4 is 11.8 Å². The summed E-state index contributed by atoms with van der Waals surface area (Å²) in [5.74, 6) is -0.176. The summed E-state index contributed by atoms with van der Waals surface area (Å²) < 4.78 is 17.1. The zero-order chi connectivity index (χ0) is 25.2. The van der Waals surface area contributed by atoms with Crippen molar-refractivity contribution in [3.8, 4) is 0 Å². The molecule has 0 aromatic rings. The minimum absolute atomic E-state index is 0.0383. The lowest BCUT2D eigenvalue weighted by Crippen LogP contribution is -2.74. The third kappa shape index (κ3) is 5.59. The van der Waals surface area contributed by atoms with Crippen LogP contribution in [-0.2, 0) is 23.8 Å². The van der Waals surface area contributed by atoms with Gasteiger partial charge >= 0.3 is 0 Å². The molecule has 2 amide bonds. The van der Waals surface area contributed by atoms with Crippen LogP contribution in [0.5, 0.6) is 0 Å². The highest BCUT2D eigenvalue weighted by Crippen LogP contribution is 2.37. The number of likely N-dealkylation sites (tertiary alicyclic amines) is 1. The second-order valence-corrected chi connectivity index (χ2v) is 11.6. The van der Waals surface area contributed by atoms with Crippen molar-refractivity contribution in [2.24, 2.45) is 23.5 Å². The fourth-order valence-corrected chi connectivity index (χ4v) is 6.86. The summed E-state index contributed by atoms with van der Waals surface area (Å²) in [4.78, 5) is 31.2. The van der Waals surface area contributed by atoms with Crippen LogP contribution in [0.25, 0.3) is 0 Å². The molecule has 4 saturated heterocycles. The molecule has 4 aliphatic heterocycles. The largest absolute Gasteiger partial charge is 0.379 e. The number of nitrogens with one attached hydrogen (secondary N) is 2. The third-order valence-corrected chi connectivity index (χ3v) is 8.83. The fraction of sp³-hybridized carbons (Fsp3) is 0.923. The average molecular weight is 508 g/mol. The van der Waals surface area contributed by atoms with Crippen molar-refractivity contribution in [3.63, 3.8) is 0 Å². The summed E-state index contributed by atoms with van der Waals surface area (Å²) in [5.41, 5.74) is 6.79. The molecule has 5 rings (SSSR count). The highest BCUT2D eigenvalue weighted by Gasteiger charge is 2.52. The number of fused-ring (bicyclic) bond motifs is 3. The van der Waals surface area contributed by atoms with Gasteiger partial charge in [0.1, 0.15) is 6.79 Å². The predicted molar refractivity (Wildman–Crippen MR) is 133 cm³/mol. The molecular weight excluding hydrogens is 462 g/mol. The van der Waals surface area contributed by atoms with Crippen LogP contribution in [0.15, 0.2) is 0 Å². The summed E-state index contributed by atoms with van der Waals surface area (Å²) in [6, 6.07) is 0. The Kier molecular flexibility index (Phi) is 8.49. The van der Waals surface area contributed by atoms with E-state index in [0.717, 1.165) is 51.5 Å². The summed E-state index contributed by atoms with van der Waals surface area (Å²) in [5, 5.41) is 6.93. The minimum atomic E-state index is -0.442. The van der Waals surface area contributed by atoms with E-state index >= 15 is 0 Å². The van der Waals surface area contributed by atoms with Crippen LogP contribution in [-0.4, -0.2) is 91.5 Å². The number of piperidine rings is 2. The van der Waals surface area contributed by atoms with Gasteiger partial charge in [-0.05, 0) is 71.1 Å². The van der Waals surface area contributed by atoms with Crippen molar-refractivity contribution in [1.82, 2.24) is 20.4 Å². The van der Waals surface area contributed by atoms with Gasteiger partial charge in [-0.1, -0.05) is 0 Å². The lowest BCUT2D eigenvalue weighted by molar-refractivity contribution is -0.162. The fourth-order valence-electron chi connectivity index (χ4n) is 6.86. The Balaban J connectivity index is 1.24. The van der Waals surface area contributed by atoms with Crippen LogP contribution in [0, 0.1) is 17.8 Å². The Hall–Kier alpha value is -1.30. The second-order valence-electron chi connectivity index (χ2n) is 11.6. The molecule has 10 nitrogen and oxygen atoms in total. The monoisotopic (exact) mass is 507 g/mol. The number of rotatable bonds is 8. The van der Waals surface area contributed by atoms with Crippen LogP contribution in [0.4, 0.5) is 0 Å². The first kappa shape index (κ1) is 26.3. The molecule has 10 heteroatoms. The zero-order valence-electron chi connectivity index (χ0n) is 21.9. The number of carbonyl (C=O) groups is 2. The third-order valence-electron chi connectivity index (χ3n) is 8.83. The van der Waals surface area contributed by atoms with Crippen molar-refractivity contribution in [2.75, 3.05) is 33.0 Å². The molecule has 4 heterocycles. The molecule has 0 bridgehead atoms. The van der Waals surface area contributed by atoms with Gasteiger partial charge in [-0.3, -0.25) is 19.8 Å². The second kappa shape index (κ2) is 11.6. The number of carbonyl (C=O) groups excluding carboxylic acids is 2. The van der Waals surface area contributed by atoms with Gasteiger partial charge in [0.05, 0.1) is 48.6 Å². The lowest BCUT2D eigenvalue weighted by Gasteiger charge is -2.55. The normalized spacial score (nSPS) is 39.0. The molecule has 8 unspecified atom stereocenters. The quantitative estimate of drug-likeness (QED) is 0.416. The topological polar surface area (TPSA) is 118 Å². The molecule has 0 radical (unpaired) electrons. The number of amides is 2. The Morgan fingerprint density at radius 1 is 1.19 bits per heavy atom. The Labute approximate surface area is 214 Å². The summed E-state index contributed by atoms with van der Waals surface area (Å²) in [7, 11) is 0. The van der Waals surface area contributed by atoms with E-state index in [2.05, 4.69) is 15.5 Å². The molecule has 5 fully saturated rings. The number of ether oxygens (including phenoxy) is 3. The van der Waals surface area contributed by atoms with Crippen LogP contribution in [0.1, 0.15) is 65.2 Å². The van der Waals surface area contributed by atoms with Crippen molar-refractivity contribution < 1.29 is 23.8 Å². The van der Waals surface area contributed by atoms with E-state index in [-0.39, 0.29) is 48.4 Å². The number of hydrogen-bond acceptors (Lipinski definition) is 8. The maximum absolute atomic E-state index is 13.6. The first-order valence-electron chi connectivity index (χ1n) is 14.1. The van der Waals surface area contributed by atoms with Crippen LogP contribution < -0.4 is 16.4 Å². The van der Waals surface area contributed by atoms with E-state index in [9.17, 15) is 9.59 Å².